The van der Waals surface area contributed by atoms with Gasteiger partial charge in [0, 0.05) is 23.6 Å². The van der Waals surface area contributed by atoms with Gasteiger partial charge in [0.2, 0.25) is 0 Å². The first-order valence-electron chi connectivity index (χ1n) is 14.3. The third-order valence-corrected chi connectivity index (χ3v) is 5.89. The Balaban J connectivity index is 0.000000288. The number of hydrogen-bond donors (Lipinski definition) is 2. The number of phenols is 2. The van der Waals surface area contributed by atoms with Crippen LogP contribution in [0.15, 0.2) is 132 Å². The summed E-state index contributed by atoms with van der Waals surface area (Å²) in [6.45, 7) is 8.73. The number of benzene rings is 4. The molecule has 0 atom stereocenters. The molecule has 0 aromatic heterocycles. The number of rotatable bonds is 14. The molecule has 4 aromatic carbocycles. The average molecular weight is 681 g/mol. The molecule has 6 nitrogen and oxygen atoms in total. The number of aliphatic imine (C=N–C) groups is 2. The summed E-state index contributed by atoms with van der Waals surface area (Å²) < 4.78 is 11.2. The monoisotopic (exact) mass is 680 g/mol. The minimum atomic E-state index is -0.556. The van der Waals surface area contributed by atoms with Crippen LogP contribution < -0.4 is 9.47 Å². The van der Waals surface area contributed by atoms with E-state index in [0.29, 0.717) is 24.3 Å². The van der Waals surface area contributed by atoms with Crippen molar-refractivity contribution in [2.75, 3.05) is 13.2 Å². The van der Waals surface area contributed by atoms with Crippen LogP contribution in [-0.2, 0) is 17.0 Å². The van der Waals surface area contributed by atoms with E-state index in [4.69, 9.17) is 28.1 Å². The fourth-order valence-electron chi connectivity index (χ4n) is 3.57. The van der Waals surface area contributed by atoms with Gasteiger partial charge in [-0.3, -0.25) is 9.98 Å². The van der Waals surface area contributed by atoms with Crippen molar-refractivity contribution >= 4 is 42.4 Å². The maximum atomic E-state index is 9.66. The van der Waals surface area contributed by atoms with Crippen molar-refractivity contribution in [2.45, 2.75) is 25.7 Å². The summed E-state index contributed by atoms with van der Waals surface area (Å²) in [5, 5.41) is 19.3. The van der Waals surface area contributed by atoms with Gasteiger partial charge in [0.1, 0.15) is 23.0 Å². The van der Waals surface area contributed by atoms with E-state index in [2.05, 4.69) is 23.1 Å². The Morgan fingerprint density at radius 2 is 0.956 bits per heavy atom. The number of para-hydroxylation sites is 2. The van der Waals surface area contributed by atoms with Crippen molar-refractivity contribution in [2.24, 2.45) is 9.98 Å². The van der Waals surface area contributed by atoms with Crippen molar-refractivity contribution in [1.29, 1.82) is 0 Å². The third kappa shape index (κ3) is 16.2. The molecule has 0 saturated carbocycles. The van der Waals surface area contributed by atoms with Crippen LogP contribution >= 0.6 is 18.6 Å². The van der Waals surface area contributed by atoms with E-state index in [1.54, 1.807) is 36.7 Å². The second-order valence-electron chi connectivity index (χ2n) is 9.25. The first-order chi connectivity index (χ1) is 22.0. The van der Waals surface area contributed by atoms with E-state index in [0.717, 1.165) is 48.6 Å². The zero-order valence-corrected chi connectivity index (χ0v) is 28.1. The van der Waals surface area contributed by atoms with E-state index >= 15 is 0 Å². The third-order valence-electron chi connectivity index (χ3n) is 5.89. The molecule has 0 fully saturated rings. The Kier molecular flexibility index (Phi) is 19.6. The van der Waals surface area contributed by atoms with Crippen LogP contribution in [0.2, 0.25) is 0 Å². The van der Waals surface area contributed by atoms with Gasteiger partial charge in [-0.25, -0.2) is 0 Å². The molecule has 2 N–H and O–H groups in total. The number of halogens is 2. The zero-order chi connectivity index (χ0) is 32.5. The summed E-state index contributed by atoms with van der Waals surface area (Å²) in [5.74, 6) is 2.12. The Labute approximate surface area is 283 Å². The molecule has 0 aliphatic heterocycles. The molecule has 0 heterocycles. The summed E-state index contributed by atoms with van der Waals surface area (Å²) in [5.41, 5.74) is 3.03. The summed E-state index contributed by atoms with van der Waals surface area (Å²) in [4.78, 5) is 8.67. The van der Waals surface area contributed by atoms with Gasteiger partial charge >= 0.3 is 35.6 Å². The van der Waals surface area contributed by atoms with E-state index in [-0.39, 0.29) is 11.5 Å². The normalized spacial score (nSPS) is 10.3. The molecule has 0 spiro atoms. The number of allylic oxidation sites excluding steroid dienone is 2. The van der Waals surface area contributed by atoms with Crippen molar-refractivity contribution < 1.29 is 36.7 Å². The second-order valence-corrected chi connectivity index (χ2v) is 11.8. The molecule has 0 radical (unpaired) electrons. The summed E-state index contributed by atoms with van der Waals surface area (Å²) in [6, 6.07) is 29.3. The summed E-state index contributed by atoms with van der Waals surface area (Å²) in [7, 11) is 9.78. The Bertz CT molecular complexity index is 1350. The van der Waals surface area contributed by atoms with Crippen LogP contribution in [0.1, 0.15) is 36.8 Å². The van der Waals surface area contributed by atoms with Crippen molar-refractivity contribution in [1.82, 2.24) is 0 Å². The van der Waals surface area contributed by atoms with Gasteiger partial charge < -0.3 is 19.7 Å². The van der Waals surface area contributed by atoms with E-state index in [9.17, 15) is 10.2 Å². The fourth-order valence-corrected chi connectivity index (χ4v) is 3.57. The van der Waals surface area contributed by atoms with Crippen LogP contribution in [0.3, 0.4) is 0 Å². The second kappa shape index (κ2) is 23.6. The van der Waals surface area contributed by atoms with Gasteiger partial charge in [0.05, 0.1) is 24.6 Å². The van der Waals surface area contributed by atoms with Crippen LogP contribution in [-0.4, -0.2) is 35.9 Å². The molecule has 0 amide bonds. The van der Waals surface area contributed by atoms with E-state index in [1.807, 2.05) is 84.9 Å². The molecule has 9 heteroatoms. The predicted molar refractivity (Wildman–Crippen MR) is 185 cm³/mol. The SMILES string of the molecule is C=CCCCOc1ccc(N=Cc2ccccc2O)cc1.C=CCCCOc1ccc(N=Cc2ccccc2O)cc1.[Cl][Ti][Cl]. The number of phenolic OH excluding ortho intramolecular Hbond substituents is 2. The number of nitrogens with zero attached hydrogens (tertiary/aromatic N) is 2. The van der Waals surface area contributed by atoms with Crippen LogP contribution in [0.4, 0.5) is 11.4 Å². The van der Waals surface area contributed by atoms with Crippen molar-refractivity contribution in [3.63, 3.8) is 0 Å². The molecule has 4 aromatic rings. The molecule has 45 heavy (non-hydrogen) atoms. The number of unbranched alkanes of at least 4 members (excludes halogenated alkanes) is 2. The van der Waals surface area contributed by atoms with Crippen LogP contribution in [0.5, 0.6) is 23.0 Å². The first kappa shape index (κ1) is 37.4. The average Bonchev–Trinajstić information content (AvgIpc) is 3.06. The molecule has 0 bridgehead atoms. The maximum absolute atomic E-state index is 9.66. The fraction of sp³-hybridized carbons (Fsp3) is 0.167. The standard InChI is InChI=1S/2C18H19NO2.2ClH.Ti/c2*1-2-3-6-13-21-17-11-9-16(10-12-17)19-14-15-7-4-5-8-18(15)20;;;/h2*2,4-5,7-12,14,20H,1,3,6,13H2;2*1H;/q;;;;+2/p-2. The Hall–Kier alpha value is -3.81. The molecule has 0 unspecified atom stereocenters. The summed E-state index contributed by atoms with van der Waals surface area (Å²) in [6.07, 6.45) is 10.9. The summed E-state index contributed by atoms with van der Waals surface area (Å²) >= 11 is -0.556. The van der Waals surface area contributed by atoms with Crippen LogP contribution in [0, 0.1) is 0 Å². The van der Waals surface area contributed by atoms with E-state index < -0.39 is 17.0 Å². The molecular formula is C36H38Cl2N2O4Ti. The van der Waals surface area contributed by atoms with Crippen molar-refractivity contribution in [3.05, 3.63) is 133 Å². The number of hydrogen-bond acceptors (Lipinski definition) is 6. The minimum absolute atomic E-state index is 0.225. The van der Waals surface area contributed by atoms with Gasteiger partial charge in [-0.2, -0.15) is 0 Å². The van der Waals surface area contributed by atoms with E-state index in [1.165, 1.54) is 0 Å². The van der Waals surface area contributed by atoms with Gasteiger partial charge in [0.25, 0.3) is 0 Å². The number of aromatic hydroxyl groups is 2. The Morgan fingerprint density at radius 1 is 0.600 bits per heavy atom. The molecule has 0 saturated heterocycles. The molecular weight excluding hydrogens is 643 g/mol. The molecule has 0 aliphatic rings. The molecule has 0 aliphatic carbocycles. The molecule has 4 rings (SSSR count). The van der Waals surface area contributed by atoms with Gasteiger partial charge in [0.15, 0.2) is 0 Å². The van der Waals surface area contributed by atoms with Gasteiger partial charge in [-0.1, -0.05) is 36.4 Å². The topological polar surface area (TPSA) is 83.6 Å². The molecule has 234 valence electrons. The predicted octanol–water partition coefficient (Wildman–Crippen LogP) is 10.4. The quantitative estimate of drug-likeness (QED) is 0.0601. The van der Waals surface area contributed by atoms with Crippen LogP contribution in [0.25, 0.3) is 0 Å². The van der Waals surface area contributed by atoms with Gasteiger partial charge in [-0.05, 0) is 98.5 Å². The van der Waals surface area contributed by atoms with Crippen molar-refractivity contribution in [3.8, 4) is 23.0 Å². The van der Waals surface area contributed by atoms with Gasteiger partial charge in [-0.15, -0.1) is 13.2 Å². The number of ether oxygens (including phenoxy) is 2. The Morgan fingerprint density at radius 3 is 1.29 bits per heavy atom. The zero-order valence-electron chi connectivity index (χ0n) is 25.1. The first-order valence-corrected chi connectivity index (χ1v) is 18.6.